The van der Waals surface area contributed by atoms with E-state index in [4.69, 9.17) is 22.1 Å². The minimum absolute atomic E-state index is 0.0194. The lowest BCUT2D eigenvalue weighted by atomic mass is 9.90. The third-order valence-electron chi connectivity index (χ3n) is 3.10. The van der Waals surface area contributed by atoms with E-state index < -0.39 is 12.3 Å². The second-order valence-electron chi connectivity index (χ2n) is 4.88. The second kappa shape index (κ2) is 8.22. The highest BCUT2D eigenvalue weighted by atomic mass is 35.5. The lowest BCUT2D eigenvalue weighted by Crippen LogP contribution is -2.28. The van der Waals surface area contributed by atoms with Crippen LogP contribution in [0.25, 0.3) is 0 Å². The minimum atomic E-state index is -1.55. The fourth-order valence-corrected chi connectivity index (χ4v) is 2.29. The molecule has 0 amide bonds. The van der Waals surface area contributed by atoms with Crippen LogP contribution in [-0.2, 0) is 9.53 Å². The fourth-order valence-electron chi connectivity index (χ4n) is 2.01. The highest BCUT2D eigenvalue weighted by Gasteiger charge is 2.24. The van der Waals surface area contributed by atoms with Crippen LogP contribution in [0, 0.1) is 0 Å². The normalized spacial score (nSPS) is 15.4. The first kappa shape index (κ1) is 16.9. The number of rotatable bonds is 7. The van der Waals surface area contributed by atoms with Crippen LogP contribution in [0.3, 0.4) is 0 Å². The van der Waals surface area contributed by atoms with E-state index in [2.05, 4.69) is 0 Å². The lowest BCUT2D eigenvalue weighted by Gasteiger charge is -2.22. The SMILES string of the molecule is CCCC(F)OC(=O)CC(c1ccccc1Cl)C(C)N. The van der Waals surface area contributed by atoms with Crippen molar-refractivity contribution in [1.29, 1.82) is 0 Å². The molecule has 0 saturated heterocycles. The molecule has 0 aromatic heterocycles. The highest BCUT2D eigenvalue weighted by Crippen LogP contribution is 2.29. The quantitative estimate of drug-likeness (QED) is 0.779. The molecule has 1 rings (SSSR count). The molecule has 0 heterocycles. The number of ether oxygens (including phenoxy) is 1. The summed E-state index contributed by atoms with van der Waals surface area (Å²) in [4.78, 5) is 11.8. The lowest BCUT2D eigenvalue weighted by molar-refractivity contribution is -0.158. The van der Waals surface area contributed by atoms with Gasteiger partial charge in [0.05, 0.1) is 6.42 Å². The van der Waals surface area contributed by atoms with Gasteiger partial charge < -0.3 is 10.5 Å². The Kier molecular flexibility index (Phi) is 6.96. The predicted molar refractivity (Wildman–Crippen MR) is 78.4 cm³/mol. The third-order valence-corrected chi connectivity index (χ3v) is 3.45. The predicted octanol–water partition coefficient (Wildman–Crippen LogP) is 3.80. The molecule has 0 bridgehead atoms. The summed E-state index contributed by atoms with van der Waals surface area (Å²) in [7, 11) is 0. The number of halogens is 2. The molecule has 5 heteroatoms. The van der Waals surface area contributed by atoms with Crippen LogP contribution in [0.15, 0.2) is 24.3 Å². The molecular weight excluding hydrogens is 281 g/mol. The van der Waals surface area contributed by atoms with Crippen molar-refractivity contribution in [3.05, 3.63) is 34.9 Å². The molecule has 112 valence electrons. The largest absolute Gasteiger partial charge is 0.431 e. The van der Waals surface area contributed by atoms with Crippen LogP contribution >= 0.6 is 11.6 Å². The third kappa shape index (κ3) is 5.10. The van der Waals surface area contributed by atoms with Crippen molar-refractivity contribution in [3.8, 4) is 0 Å². The molecule has 3 nitrogen and oxygen atoms in total. The monoisotopic (exact) mass is 301 g/mol. The topological polar surface area (TPSA) is 52.3 Å². The van der Waals surface area contributed by atoms with Gasteiger partial charge in [0.1, 0.15) is 0 Å². The van der Waals surface area contributed by atoms with E-state index in [0.717, 1.165) is 5.56 Å². The van der Waals surface area contributed by atoms with Crippen molar-refractivity contribution in [2.75, 3.05) is 0 Å². The molecule has 0 aliphatic rings. The van der Waals surface area contributed by atoms with Gasteiger partial charge in [0, 0.05) is 23.4 Å². The molecule has 0 fully saturated rings. The number of carbonyl (C=O) groups is 1. The number of esters is 1. The van der Waals surface area contributed by atoms with Crippen LogP contribution in [0.1, 0.15) is 44.6 Å². The van der Waals surface area contributed by atoms with Gasteiger partial charge in [-0.25, -0.2) is 4.39 Å². The zero-order valence-electron chi connectivity index (χ0n) is 11.8. The van der Waals surface area contributed by atoms with Gasteiger partial charge in [-0.2, -0.15) is 0 Å². The van der Waals surface area contributed by atoms with Crippen LogP contribution in [0.5, 0.6) is 0 Å². The Labute approximate surface area is 124 Å². The highest BCUT2D eigenvalue weighted by molar-refractivity contribution is 6.31. The number of nitrogens with two attached hydrogens (primary N) is 1. The smallest absolute Gasteiger partial charge is 0.308 e. The van der Waals surface area contributed by atoms with Gasteiger partial charge in [0.2, 0.25) is 6.36 Å². The number of carbonyl (C=O) groups excluding carboxylic acids is 1. The molecule has 0 saturated carbocycles. The molecule has 3 atom stereocenters. The van der Waals surface area contributed by atoms with Gasteiger partial charge in [0.25, 0.3) is 0 Å². The summed E-state index contributed by atoms with van der Waals surface area (Å²) in [6.07, 6.45) is -0.700. The maximum atomic E-state index is 13.3. The van der Waals surface area contributed by atoms with Crippen LogP contribution in [0.2, 0.25) is 5.02 Å². The van der Waals surface area contributed by atoms with E-state index in [9.17, 15) is 9.18 Å². The zero-order valence-corrected chi connectivity index (χ0v) is 12.6. The molecule has 0 aliphatic carbocycles. The van der Waals surface area contributed by atoms with E-state index in [1.807, 2.05) is 19.1 Å². The summed E-state index contributed by atoms with van der Waals surface area (Å²) in [6, 6.07) is 6.92. The minimum Gasteiger partial charge on any atom is -0.431 e. The van der Waals surface area contributed by atoms with Gasteiger partial charge >= 0.3 is 5.97 Å². The van der Waals surface area contributed by atoms with Gasteiger partial charge in [-0.1, -0.05) is 36.7 Å². The molecule has 0 spiro atoms. The first-order chi connectivity index (χ1) is 9.45. The van der Waals surface area contributed by atoms with Crippen molar-refractivity contribution < 1.29 is 13.9 Å². The molecule has 2 N–H and O–H groups in total. The summed E-state index contributed by atoms with van der Waals surface area (Å²) in [6.45, 7) is 3.62. The van der Waals surface area contributed by atoms with Gasteiger partial charge in [-0.05, 0) is 25.0 Å². The van der Waals surface area contributed by atoms with E-state index in [1.54, 1.807) is 19.1 Å². The molecule has 3 unspecified atom stereocenters. The Morgan fingerprint density at radius 3 is 2.65 bits per heavy atom. The standard InChI is InChI=1S/C15H21ClFNO2/c1-3-6-14(17)20-15(19)9-12(10(2)18)11-7-4-5-8-13(11)16/h4-5,7-8,10,12,14H,3,6,9,18H2,1-2H3. The Morgan fingerprint density at radius 1 is 1.45 bits per heavy atom. The number of hydrogen-bond donors (Lipinski definition) is 1. The Balaban J connectivity index is 2.74. The molecular formula is C15H21ClFNO2. The van der Waals surface area contributed by atoms with E-state index in [0.29, 0.717) is 11.4 Å². The number of alkyl halides is 1. The summed E-state index contributed by atoms with van der Waals surface area (Å²) < 4.78 is 18.0. The zero-order chi connectivity index (χ0) is 15.1. The Bertz CT molecular complexity index is 440. The van der Waals surface area contributed by atoms with Gasteiger partial charge in [-0.3, -0.25) is 4.79 Å². The van der Waals surface area contributed by atoms with Crippen LogP contribution < -0.4 is 5.73 Å². The molecule has 20 heavy (non-hydrogen) atoms. The molecule has 1 aromatic rings. The fraction of sp³-hybridized carbons (Fsp3) is 0.533. The number of hydrogen-bond acceptors (Lipinski definition) is 3. The van der Waals surface area contributed by atoms with Gasteiger partial charge in [-0.15, -0.1) is 0 Å². The molecule has 0 aliphatic heterocycles. The summed E-state index contributed by atoms with van der Waals surface area (Å²) in [5, 5.41) is 0.549. The van der Waals surface area contributed by atoms with Crippen molar-refractivity contribution in [2.45, 2.75) is 51.4 Å². The average molecular weight is 302 g/mol. The maximum absolute atomic E-state index is 13.3. The van der Waals surface area contributed by atoms with E-state index >= 15 is 0 Å². The van der Waals surface area contributed by atoms with Gasteiger partial charge in [0.15, 0.2) is 0 Å². The van der Waals surface area contributed by atoms with Crippen molar-refractivity contribution in [1.82, 2.24) is 0 Å². The maximum Gasteiger partial charge on any atom is 0.308 e. The van der Waals surface area contributed by atoms with Crippen molar-refractivity contribution in [2.24, 2.45) is 5.73 Å². The molecule has 0 radical (unpaired) electrons. The Morgan fingerprint density at radius 2 is 2.10 bits per heavy atom. The first-order valence-electron chi connectivity index (χ1n) is 6.79. The van der Waals surface area contributed by atoms with Crippen LogP contribution in [0.4, 0.5) is 4.39 Å². The van der Waals surface area contributed by atoms with Crippen molar-refractivity contribution >= 4 is 17.6 Å². The van der Waals surface area contributed by atoms with E-state index in [-0.39, 0.29) is 24.8 Å². The van der Waals surface area contributed by atoms with Crippen molar-refractivity contribution in [3.63, 3.8) is 0 Å². The summed E-state index contributed by atoms with van der Waals surface area (Å²) in [5.41, 5.74) is 6.70. The number of benzene rings is 1. The summed E-state index contributed by atoms with van der Waals surface area (Å²) >= 11 is 6.12. The molecule has 1 aromatic carbocycles. The van der Waals surface area contributed by atoms with E-state index in [1.165, 1.54) is 0 Å². The second-order valence-corrected chi connectivity index (χ2v) is 5.29. The average Bonchev–Trinajstić information content (AvgIpc) is 2.37. The van der Waals surface area contributed by atoms with Crippen LogP contribution in [-0.4, -0.2) is 18.4 Å². The Hall–Kier alpha value is -1.13. The summed E-state index contributed by atoms with van der Waals surface area (Å²) in [5.74, 6) is -0.877. The first-order valence-corrected chi connectivity index (χ1v) is 7.17.